The molecule has 0 bridgehead atoms. The summed E-state index contributed by atoms with van der Waals surface area (Å²) in [5.74, 6) is 0.515. The van der Waals surface area contributed by atoms with E-state index in [4.69, 9.17) is 0 Å². The van der Waals surface area contributed by atoms with E-state index in [0.717, 1.165) is 19.6 Å². The number of benzene rings is 1. The minimum atomic E-state index is -0.161. The SMILES string of the molecule is CC1CNCCC1N(C)Cc1ccc(F)cc1. The summed E-state index contributed by atoms with van der Waals surface area (Å²) in [6, 6.07) is 7.44. The van der Waals surface area contributed by atoms with Crippen LogP contribution in [0.2, 0.25) is 0 Å². The van der Waals surface area contributed by atoms with Crippen LogP contribution in [0.5, 0.6) is 0 Å². The Hall–Kier alpha value is -0.930. The number of hydrogen-bond donors (Lipinski definition) is 1. The van der Waals surface area contributed by atoms with Crippen molar-refractivity contribution in [3.63, 3.8) is 0 Å². The monoisotopic (exact) mass is 236 g/mol. The molecule has 0 aliphatic carbocycles. The Bertz CT molecular complexity index is 350. The second-order valence-electron chi connectivity index (χ2n) is 5.08. The molecule has 0 saturated carbocycles. The third-order valence-electron chi connectivity index (χ3n) is 3.65. The van der Waals surface area contributed by atoms with Gasteiger partial charge < -0.3 is 5.32 Å². The quantitative estimate of drug-likeness (QED) is 0.866. The Balaban J connectivity index is 1.95. The highest BCUT2D eigenvalue weighted by molar-refractivity contribution is 5.16. The first-order valence-electron chi connectivity index (χ1n) is 6.32. The van der Waals surface area contributed by atoms with E-state index in [9.17, 15) is 4.39 Å². The summed E-state index contributed by atoms with van der Waals surface area (Å²) in [5.41, 5.74) is 1.18. The van der Waals surface area contributed by atoms with Crippen LogP contribution in [0.25, 0.3) is 0 Å². The first-order chi connectivity index (χ1) is 8.16. The van der Waals surface area contributed by atoms with Crippen molar-refractivity contribution in [1.82, 2.24) is 10.2 Å². The van der Waals surface area contributed by atoms with Crippen molar-refractivity contribution >= 4 is 0 Å². The number of rotatable bonds is 3. The number of piperidine rings is 1. The van der Waals surface area contributed by atoms with Gasteiger partial charge in [-0.25, -0.2) is 4.39 Å². The number of nitrogens with one attached hydrogen (secondary N) is 1. The van der Waals surface area contributed by atoms with Crippen molar-refractivity contribution in [3.8, 4) is 0 Å². The van der Waals surface area contributed by atoms with Gasteiger partial charge in [0.15, 0.2) is 0 Å². The first kappa shape index (κ1) is 12.5. The van der Waals surface area contributed by atoms with Crippen molar-refractivity contribution in [2.75, 3.05) is 20.1 Å². The summed E-state index contributed by atoms with van der Waals surface area (Å²) in [5, 5.41) is 3.41. The Morgan fingerprint density at radius 1 is 1.35 bits per heavy atom. The van der Waals surface area contributed by atoms with Crippen molar-refractivity contribution in [2.24, 2.45) is 5.92 Å². The van der Waals surface area contributed by atoms with Gasteiger partial charge in [-0.2, -0.15) is 0 Å². The molecule has 3 heteroatoms. The summed E-state index contributed by atoms with van der Waals surface area (Å²) in [4.78, 5) is 2.39. The van der Waals surface area contributed by atoms with Gasteiger partial charge in [0.1, 0.15) is 5.82 Å². The summed E-state index contributed by atoms with van der Waals surface area (Å²) < 4.78 is 12.8. The van der Waals surface area contributed by atoms with Crippen molar-refractivity contribution in [2.45, 2.75) is 25.9 Å². The minimum Gasteiger partial charge on any atom is -0.316 e. The van der Waals surface area contributed by atoms with Gasteiger partial charge in [-0.1, -0.05) is 19.1 Å². The van der Waals surface area contributed by atoms with Crippen LogP contribution >= 0.6 is 0 Å². The van der Waals surface area contributed by atoms with E-state index in [1.54, 1.807) is 0 Å². The van der Waals surface area contributed by atoms with Gasteiger partial charge >= 0.3 is 0 Å². The van der Waals surface area contributed by atoms with Gasteiger partial charge in [0, 0.05) is 12.6 Å². The molecule has 2 atom stereocenters. The molecule has 2 rings (SSSR count). The second kappa shape index (κ2) is 5.61. The normalized spacial score (nSPS) is 25.2. The van der Waals surface area contributed by atoms with E-state index in [2.05, 4.69) is 24.2 Å². The molecule has 1 heterocycles. The van der Waals surface area contributed by atoms with Gasteiger partial charge in [0.2, 0.25) is 0 Å². The molecule has 1 N–H and O–H groups in total. The van der Waals surface area contributed by atoms with Crippen molar-refractivity contribution < 1.29 is 4.39 Å². The second-order valence-corrected chi connectivity index (χ2v) is 5.08. The van der Waals surface area contributed by atoms with E-state index in [0.29, 0.717) is 12.0 Å². The lowest BCUT2D eigenvalue weighted by Gasteiger charge is -2.36. The Morgan fingerprint density at radius 2 is 2.06 bits per heavy atom. The third-order valence-corrected chi connectivity index (χ3v) is 3.65. The van der Waals surface area contributed by atoms with E-state index >= 15 is 0 Å². The molecule has 1 aliphatic heterocycles. The van der Waals surface area contributed by atoms with Crippen LogP contribution in [0.3, 0.4) is 0 Å². The average molecular weight is 236 g/mol. The Labute approximate surface area is 103 Å². The van der Waals surface area contributed by atoms with Gasteiger partial charge in [-0.15, -0.1) is 0 Å². The molecule has 0 radical (unpaired) electrons. The molecule has 94 valence electrons. The summed E-state index contributed by atoms with van der Waals surface area (Å²) in [6.45, 7) is 5.38. The lowest BCUT2D eigenvalue weighted by Crippen LogP contribution is -2.46. The molecule has 0 amide bonds. The van der Waals surface area contributed by atoms with Crippen LogP contribution < -0.4 is 5.32 Å². The molecule has 1 aromatic carbocycles. The fourth-order valence-corrected chi connectivity index (χ4v) is 2.65. The minimum absolute atomic E-state index is 0.161. The molecule has 0 spiro atoms. The van der Waals surface area contributed by atoms with E-state index < -0.39 is 0 Å². The maximum Gasteiger partial charge on any atom is 0.123 e. The zero-order valence-corrected chi connectivity index (χ0v) is 10.6. The van der Waals surface area contributed by atoms with Gasteiger partial charge in [0.05, 0.1) is 0 Å². The molecular formula is C14H21FN2. The molecule has 1 aliphatic rings. The smallest absolute Gasteiger partial charge is 0.123 e. The average Bonchev–Trinajstić information content (AvgIpc) is 2.32. The zero-order valence-electron chi connectivity index (χ0n) is 10.6. The highest BCUT2D eigenvalue weighted by Gasteiger charge is 2.24. The topological polar surface area (TPSA) is 15.3 Å². The molecule has 2 nitrogen and oxygen atoms in total. The van der Waals surface area contributed by atoms with Crippen LogP contribution in [-0.2, 0) is 6.54 Å². The number of halogens is 1. The van der Waals surface area contributed by atoms with Gasteiger partial charge in [-0.3, -0.25) is 4.90 Å². The van der Waals surface area contributed by atoms with Crippen LogP contribution in [0.1, 0.15) is 18.9 Å². The lowest BCUT2D eigenvalue weighted by molar-refractivity contribution is 0.142. The molecule has 17 heavy (non-hydrogen) atoms. The highest BCUT2D eigenvalue weighted by atomic mass is 19.1. The summed E-state index contributed by atoms with van der Waals surface area (Å²) in [6.07, 6.45) is 1.19. The zero-order chi connectivity index (χ0) is 12.3. The summed E-state index contributed by atoms with van der Waals surface area (Å²) in [7, 11) is 2.16. The lowest BCUT2D eigenvalue weighted by atomic mass is 9.94. The van der Waals surface area contributed by atoms with Crippen LogP contribution in [0.15, 0.2) is 24.3 Å². The van der Waals surface area contributed by atoms with Crippen LogP contribution in [-0.4, -0.2) is 31.1 Å². The van der Waals surface area contributed by atoms with Crippen LogP contribution in [0, 0.1) is 11.7 Å². The number of hydrogen-bond acceptors (Lipinski definition) is 2. The van der Waals surface area contributed by atoms with E-state index in [1.165, 1.54) is 24.1 Å². The third kappa shape index (κ3) is 3.27. The van der Waals surface area contributed by atoms with E-state index in [1.807, 2.05) is 12.1 Å². The first-order valence-corrected chi connectivity index (χ1v) is 6.32. The fourth-order valence-electron chi connectivity index (χ4n) is 2.65. The van der Waals surface area contributed by atoms with Crippen molar-refractivity contribution in [1.29, 1.82) is 0 Å². The predicted molar refractivity (Wildman–Crippen MR) is 68.3 cm³/mol. The predicted octanol–water partition coefficient (Wildman–Crippen LogP) is 2.26. The standard InChI is InChI=1S/C14H21FN2/c1-11-9-16-8-7-14(11)17(2)10-12-3-5-13(15)6-4-12/h3-6,11,14,16H,7-10H2,1-2H3. The van der Waals surface area contributed by atoms with Gasteiger partial charge in [-0.05, 0) is 50.2 Å². The van der Waals surface area contributed by atoms with Crippen molar-refractivity contribution in [3.05, 3.63) is 35.6 Å². The maximum absolute atomic E-state index is 12.8. The van der Waals surface area contributed by atoms with E-state index in [-0.39, 0.29) is 5.82 Å². The number of nitrogens with zero attached hydrogens (tertiary/aromatic N) is 1. The molecule has 1 saturated heterocycles. The summed E-state index contributed by atoms with van der Waals surface area (Å²) >= 11 is 0. The highest BCUT2D eigenvalue weighted by Crippen LogP contribution is 2.18. The molecule has 1 fully saturated rings. The molecule has 1 aromatic rings. The molecule has 0 aromatic heterocycles. The van der Waals surface area contributed by atoms with Gasteiger partial charge in [0.25, 0.3) is 0 Å². The molecular weight excluding hydrogens is 215 g/mol. The Morgan fingerprint density at radius 3 is 2.71 bits per heavy atom. The molecule has 2 unspecified atom stereocenters. The largest absolute Gasteiger partial charge is 0.316 e. The maximum atomic E-state index is 12.8. The Kier molecular flexibility index (Phi) is 4.13. The fraction of sp³-hybridized carbons (Fsp3) is 0.571. The van der Waals surface area contributed by atoms with Crippen LogP contribution in [0.4, 0.5) is 4.39 Å².